The zero-order valence-corrected chi connectivity index (χ0v) is 46.3. The highest BCUT2D eigenvalue weighted by Crippen LogP contribution is 2.42. The minimum absolute atomic E-state index is 0.0681. The van der Waals surface area contributed by atoms with Gasteiger partial charge in [-0.15, -0.1) is 0 Å². The lowest BCUT2D eigenvalue weighted by atomic mass is 9.74. The molecule has 4 aliphatic rings. The molecule has 0 spiro atoms. The Labute approximate surface area is 439 Å². The number of ether oxygens (including phenoxy) is 7. The van der Waals surface area contributed by atoms with Crippen LogP contribution in [0, 0.1) is 23.7 Å². The van der Waals surface area contributed by atoms with Crippen molar-refractivity contribution in [3.8, 4) is 0 Å². The second kappa shape index (κ2) is 26.9. The van der Waals surface area contributed by atoms with Crippen molar-refractivity contribution >= 4 is 17.7 Å². The van der Waals surface area contributed by atoms with Crippen LogP contribution in [0.3, 0.4) is 0 Å². The maximum atomic E-state index is 14.5. The van der Waals surface area contributed by atoms with Crippen LogP contribution in [-0.4, -0.2) is 172 Å². The number of likely N-dealkylation sites (N-methyl/N-ethyl adjacent to an activating group) is 1. The summed E-state index contributed by atoms with van der Waals surface area (Å²) in [6, 6.07) is 7.75. The van der Waals surface area contributed by atoms with E-state index in [1.807, 2.05) is 25.9 Å². The third kappa shape index (κ3) is 14.9. The standard InChI is InChI=1S/C54H91N5O15/c1-14-41-54(10,66)47(63)33(4)44(61)31(2)27-53(9,69-13)49(34(5)46(35(6)50(65)72-41)73-43-28-52(8,68-12)48(64)36(7)71-43)74-51-45(62)40(26-32(3)70-51)58(11)29-37-21-23-38(24-22-37)39-30-59(57-55-39)25-19-17-15-16-18-20-42(60)56-67/h21-24,31-36,39-41,43,45-49,51,62-64,66-67H,14-20,25-30H2,1-13H3,(H,56,60)/t31-,32-,33+,34+,35-,36+,39?,40+,41-,43+,45-,46+,47-,48+,49-,51+,52-,53-,54-/m1/s1. The Kier molecular flexibility index (Phi) is 22.4. The number of amides is 1. The Morgan fingerprint density at radius 2 is 1.53 bits per heavy atom. The summed E-state index contributed by atoms with van der Waals surface area (Å²) in [5.74, 6) is -5.08. The molecular weight excluding hydrogens is 959 g/mol. The molecule has 1 unspecified atom stereocenters. The number of nitrogens with one attached hydrogen (secondary N) is 1. The van der Waals surface area contributed by atoms with Crippen LogP contribution in [0.2, 0.25) is 0 Å². The first-order valence-electron chi connectivity index (χ1n) is 26.9. The molecule has 0 aromatic heterocycles. The van der Waals surface area contributed by atoms with Crippen LogP contribution >= 0.6 is 0 Å². The largest absolute Gasteiger partial charge is 0.459 e. The highest BCUT2D eigenvalue weighted by atomic mass is 16.7. The van der Waals surface area contributed by atoms with Gasteiger partial charge in [0.15, 0.2) is 12.6 Å². The number of benzene rings is 1. The van der Waals surface area contributed by atoms with Gasteiger partial charge in [0.1, 0.15) is 35.7 Å². The van der Waals surface area contributed by atoms with Crippen LogP contribution in [0.25, 0.3) is 0 Å². The van der Waals surface area contributed by atoms with E-state index in [-0.39, 0.29) is 43.1 Å². The molecule has 3 fully saturated rings. The molecule has 20 nitrogen and oxygen atoms in total. The number of nitrogens with zero attached hydrogens (tertiary/aromatic N) is 4. The monoisotopic (exact) mass is 1050 g/mol. The van der Waals surface area contributed by atoms with Gasteiger partial charge < -0.3 is 53.6 Å². The number of rotatable bonds is 19. The summed E-state index contributed by atoms with van der Waals surface area (Å²) in [6.45, 7) is 19.1. The summed E-state index contributed by atoms with van der Waals surface area (Å²) in [4.78, 5) is 42.1. The van der Waals surface area contributed by atoms with Crippen molar-refractivity contribution in [3.63, 3.8) is 0 Å². The molecule has 4 aliphatic heterocycles. The number of carbonyl (C=O) groups is 3. The molecule has 5 rings (SSSR count). The summed E-state index contributed by atoms with van der Waals surface area (Å²) in [7, 11) is 4.96. The minimum Gasteiger partial charge on any atom is -0.459 e. The van der Waals surface area contributed by atoms with E-state index < -0.39 is 108 Å². The molecule has 0 bridgehead atoms. The normalized spacial score (nSPS) is 39.7. The molecule has 19 atom stereocenters. The lowest BCUT2D eigenvalue weighted by Gasteiger charge is -2.50. The van der Waals surface area contributed by atoms with E-state index in [0.29, 0.717) is 25.9 Å². The molecule has 6 N–H and O–H groups in total. The maximum absolute atomic E-state index is 14.5. The molecule has 1 aromatic carbocycles. The first kappa shape index (κ1) is 61.6. The van der Waals surface area contributed by atoms with Crippen molar-refractivity contribution in [3.05, 3.63) is 35.4 Å². The zero-order chi connectivity index (χ0) is 54.9. The van der Waals surface area contributed by atoms with Gasteiger partial charge in [-0.05, 0) is 91.8 Å². The number of cyclic esters (lactones) is 1. The molecule has 3 saturated heterocycles. The van der Waals surface area contributed by atoms with E-state index in [4.69, 9.17) is 38.4 Å². The maximum Gasteiger partial charge on any atom is 0.311 e. The Balaban J connectivity index is 1.38. The summed E-state index contributed by atoms with van der Waals surface area (Å²) in [6.07, 6.45) is -4.60. The molecule has 1 aromatic rings. The Morgan fingerprint density at radius 3 is 2.16 bits per heavy atom. The Bertz CT molecular complexity index is 1980. The fourth-order valence-corrected chi connectivity index (χ4v) is 11.6. The summed E-state index contributed by atoms with van der Waals surface area (Å²) in [5, 5.41) is 66.5. The summed E-state index contributed by atoms with van der Waals surface area (Å²) >= 11 is 0. The predicted molar refractivity (Wildman–Crippen MR) is 272 cm³/mol. The van der Waals surface area contributed by atoms with E-state index in [1.54, 1.807) is 53.9 Å². The fourth-order valence-electron chi connectivity index (χ4n) is 11.6. The molecule has 4 heterocycles. The smallest absolute Gasteiger partial charge is 0.311 e. The Hall–Kier alpha value is -3.25. The van der Waals surface area contributed by atoms with Crippen LogP contribution in [0.5, 0.6) is 0 Å². The SMILES string of the molecule is CC[C@H]1OC(=O)[C@H](C)[C@@H](O[C@H]2C[C@@](C)(OC)[C@@H](O)[C@H](C)O2)[C@H](C)[C@@H](O[C@@H]2O[C@H](C)C[C@H](N(C)Cc3ccc(C4CN(CCCCCCCC(=O)NO)N=N4)cc3)[C@H]2O)[C@](C)(OC)C[C@@H](C)C(=O)[C@H](C)[C@@H](O)[C@]1(C)O. The number of carbonyl (C=O) groups excluding carboxylic acids is 3. The minimum atomic E-state index is -2.00. The van der Waals surface area contributed by atoms with Crippen molar-refractivity contribution in [1.82, 2.24) is 15.4 Å². The number of hydroxylamine groups is 1. The van der Waals surface area contributed by atoms with E-state index >= 15 is 0 Å². The van der Waals surface area contributed by atoms with Crippen LogP contribution < -0.4 is 5.48 Å². The first-order chi connectivity index (χ1) is 34.8. The van der Waals surface area contributed by atoms with Crippen molar-refractivity contribution in [2.45, 2.75) is 230 Å². The third-order valence-corrected chi connectivity index (χ3v) is 16.6. The molecule has 422 valence electrons. The predicted octanol–water partition coefficient (Wildman–Crippen LogP) is 5.58. The number of aliphatic hydroxyl groups is 4. The van der Waals surface area contributed by atoms with Gasteiger partial charge in [0, 0.05) is 63.9 Å². The average molecular weight is 1050 g/mol. The van der Waals surface area contributed by atoms with Crippen LogP contribution in [0.1, 0.15) is 151 Å². The van der Waals surface area contributed by atoms with E-state index in [0.717, 1.165) is 49.8 Å². The number of Topliss-reactive ketones (excluding diaryl/α,β-unsaturated/α-hetero) is 1. The van der Waals surface area contributed by atoms with Crippen LogP contribution in [0.15, 0.2) is 34.6 Å². The van der Waals surface area contributed by atoms with Gasteiger partial charge in [0.25, 0.3) is 0 Å². The molecule has 20 heteroatoms. The number of aliphatic hydroxyl groups excluding tert-OH is 3. The van der Waals surface area contributed by atoms with Crippen molar-refractivity contribution in [2.75, 3.05) is 34.4 Å². The highest BCUT2D eigenvalue weighted by molar-refractivity contribution is 5.83. The second-order valence-corrected chi connectivity index (χ2v) is 22.5. The topological polar surface area (TPSA) is 260 Å². The number of ketones is 1. The second-order valence-electron chi connectivity index (χ2n) is 22.5. The van der Waals surface area contributed by atoms with Gasteiger partial charge in [-0.2, -0.15) is 5.11 Å². The van der Waals surface area contributed by atoms with Gasteiger partial charge in [-0.3, -0.25) is 29.5 Å². The number of hydrogen-bond donors (Lipinski definition) is 6. The van der Waals surface area contributed by atoms with Crippen molar-refractivity contribution < 1.29 is 73.2 Å². The lowest BCUT2D eigenvalue weighted by Crippen LogP contribution is -2.61. The van der Waals surface area contributed by atoms with Gasteiger partial charge in [0.2, 0.25) is 5.91 Å². The zero-order valence-electron chi connectivity index (χ0n) is 46.3. The Morgan fingerprint density at radius 1 is 0.878 bits per heavy atom. The third-order valence-electron chi connectivity index (χ3n) is 16.6. The van der Waals surface area contributed by atoms with E-state index in [2.05, 4.69) is 39.5 Å². The van der Waals surface area contributed by atoms with Crippen LogP contribution in [-0.2, 0) is 54.1 Å². The van der Waals surface area contributed by atoms with Gasteiger partial charge in [-0.25, -0.2) is 5.48 Å². The lowest BCUT2D eigenvalue weighted by molar-refractivity contribution is -0.319. The molecule has 1 amide bonds. The number of esters is 1. The quantitative estimate of drug-likeness (QED) is 0.0428. The summed E-state index contributed by atoms with van der Waals surface area (Å²) < 4.78 is 44.9. The fraction of sp³-hybridized carbons (Fsp3) is 0.833. The molecule has 0 saturated carbocycles. The van der Waals surface area contributed by atoms with Gasteiger partial charge in [0.05, 0.1) is 54.2 Å². The average Bonchev–Trinajstić information content (AvgIpc) is 3.85. The van der Waals surface area contributed by atoms with Crippen LogP contribution in [0.4, 0.5) is 0 Å². The molecule has 0 aliphatic carbocycles. The molecular formula is C54H91N5O15. The highest BCUT2D eigenvalue weighted by Gasteiger charge is 2.54. The van der Waals surface area contributed by atoms with Gasteiger partial charge >= 0.3 is 5.97 Å². The number of hydrogen-bond acceptors (Lipinski definition) is 19. The van der Waals surface area contributed by atoms with Crippen molar-refractivity contribution in [2.24, 2.45) is 34.0 Å². The number of methoxy groups -OCH3 is 2. The van der Waals surface area contributed by atoms with Crippen molar-refractivity contribution in [1.29, 1.82) is 0 Å². The number of unbranched alkanes of at least 4 members (excludes halogenated alkanes) is 4. The molecule has 74 heavy (non-hydrogen) atoms. The van der Waals surface area contributed by atoms with E-state index in [9.17, 15) is 34.8 Å². The first-order valence-corrected chi connectivity index (χ1v) is 26.9. The van der Waals surface area contributed by atoms with E-state index in [1.165, 1.54) is 21.1 Å². The molecule has 0 radical (unpaired) electrons. The summed E-state index contributed by atoms with van der Waals surface area (Å²) in [5.41, 5.74) is -0.653. The van der Waals surface area contributed by atoms with Gasteiger partial charge in [-0.1, -0.05) is 76.4 Å².